The number of benzene rings is 1. The van der Waals surface area contributed by atoms with E-state index in [1.165, 1.54) is 16.6 Å². The van der Waals surface area contributed by atoms with Gasteiger partial charge < -0.3 is 14.3 Å². The lowest BCUT2D eigenvalue weighted by molar-refractivity contribution is -0.126. The molecule has 8 nitrogen and oxygen atoms in total. The number of sulfonamides is 1. The van der Waals surface area contributed by atoms with Crippen molar-refractivity contribution in [2.75, 3.05) is 13.1 Å². The Balaban J connectivity index is 1.41. The molecule has 1 aliphatic rings. The molecular formula is C24H27N3O5S. The number of hydrogen-bond acceptors (Lipinski definition) is 6. The Hall–Kier alpha value is -3.17. The van der Waals surface area contributed by atoms with Crippen molar-refractivity contribution < 1.29 is 22.2 Å². The van der Waals surface area contributed by atoms with Crippen molar-refractivity contribution in [1.29, 1.82) is 0 Å². The first-order chi connectivity index (χ1) is 15.9. The maximum absolute atomic E-state index is 13.4. The molecular weight excluding hydrogens is 442 g/mol. The monoisotopic (exact) mass is 469 g/mol. The van der Waals surface area contributed by atoms with Crippen LogP contribution in [0.2, 0.25) is 0 Å². The zero-order chi connectivity index (χ0) is 23.4. The lowest BCUT2D eigenvalue weighted by Gasteiger charge is -2.31. The van der Waals surface area contributed by atoms with E-state index in [1.807, 2.05) is 37.3 Å². The van der Waals surface area contributed by atoms with Gasteiger partial charge in [-0.3, -0.25) is 4.79 Å². The summed E-state index contributed by atoms with van der Waals surface area (Å²) in [4.78, 5) is 12.8. The van der Waals surface area contributed by atoms with E-state index in [-0.39, 0.29) is 41.6 Å². The van der Waals surface area contributed by atoms with Crippen molar-refractivity contribution in [2.24, 2.45) is 5.92 Å². The molecule has 1 fully saturated rings. The number of nitrogens with zero attached hydrogens (tertiary/aromatic N) is 2. The van der Waals surface area contributed by atoms with Gasteiger partial charge in [0.15, 0.2) is 10.7 Å². The van der Waals surface area contributed by atoms with Gasteiger partial charge in [0.1, 0.15) is 11.5 Å². The summed E-state index contributed by atoms with van der Waals surface area (Å²) in [5.41, 5.74) is 1.33. The van der Waals surface area contributed by atoms with Crippen LogP contribution in [-0.4, -0.2) is 36.9 Å². The fraction of sp³-hybridized carbons (Fsp3) is 0.333. The maximum atomic E-state index is 13.4. The molecule has 0 saturated carbocycles. The van der Waals surface area contributed by atoms with Crippen LogP contribution in [0.1, 0.15) is 48.6 Å². The summed E-state index contributed by atoms with van der Waals surface area (Å²) >= 11 is 0. The molecule has 0 spiro atoms. The van der Waals surface area contributed by atoms with E-state index in [2.05, 4.69) is 10.5 Å². The molecule has 0 bridgehead atoms. The van der Waals surface area contributed by atoms with Crippen molar-refractivity contribution in [3.05, 3.63) is 71.5 Å². The van der Waals surface area contributed by atoms with Gasteiger partial charge in [-0.15, -0.1) is 0 Å². The smallest absolute Gasteiger partial charge is 0.248 e. The fourth-order valence-corrected chi connectivity index (χ4v) is 5.71. The van der Waals surface area contributed by atoms with Gasteiger partial charge in [0.05, 0.1) is 12.3 Å². The van der Waals surface area contributed by atoms with E-state index >= 15 is 0 Å². The molecule has 9 heteroatoms. The molecule has 1 atom stereocenters. The van der Waals surface area contributed by atoms with Crippen LogP contribution in [0, 0.1) is 12.8 Å². The van der Waals surface area contributed by atoms with E-state index < -0.39 is 10.0 Å². The molecule has 3 aromatic rings. The van der Waals surface area contributed by atoms with E-state index in [9.17, 15) is 13.2 Å². The Morgan fingerprint density at radius 3 is 2.55 bits per heavy atom. The van der Waals surface area contributed by atoms with Crippen LogP contribution in [0.4, 0.5) is 0 Å². The largest absolute Gasteiger partial charge is 0.465 e. The average molecular weight is 470 g/mol. The maximum Gasteiger partial charge on any atom is 0.248 e. The molecule has 1 N–H and O–H groups in total. The minimum Gasteiger partial charge on any atom is -0.465 e. The molecule has 1 aliphatic heterocycles. The van der Waals surface area contributed by atoms with Gasteiger partial charge in [0.2, 0.25) is 15.9 Å². The standard InChI is InChI=1S/C24H27N3O5S/c1-17(19-7-4-3-5-8-19)25-24(28)20-12-14-27(15-13-20)33(29,30)23-18(2)26-32-22(23)11-10-21-9-6-16-31-21/h3-11,16-17,20H,12-15H2,1-2H3,(H,25,28)/b11-10+/t17-/m0/s1. The van der Waals surface area contributed by atoms with Gasteiger partial charge in [-0.05, 0) is 56.5 Å². The predicted molar refractivity (Wildman–Crippen MR) is 123 cm³/mol. The summed E-state index contributed by atoms with van der Waals surface area (Å²) in [5.74, 6) is 0.445. The third-order valence-corrected chi connectivity index (χ3v) is 7.91. The Morgan fingerprint density at radius 2 is 1.88 bits per heavy atom. The van der Waals surface area contributed by atoms with Crippen LogP contribution in [0.15, 0.2) is 62.6 Å². The molecule has 4 rings (SSSR count). The Bertz CT molecular complexity index is 1210. The zero-order valence-electron chi connectivity index (χ0n) is 18.6. The number of rotatable bonds is 7. The molecule has 2 aromatic heterocycles. The van der Waals surface area contributed by atoms with Crippen LogP contribution in [0.5, 0.6) is 0 Å². The molecule has 1 aromatic carbocycles. The first-order valence-electron chi connectivity index (χ1n) is 10.9. The highest BCUT2D eigenvalue weighted by Gasteiger charge is 2.36. The molecule has 1 amide bonds. The molecule has 0 aliphatic carbocycles. The lowest BCUT2D eigenvalue weighted by Crippen LogP contribution is -2.43. The van der Waals surface area contributed by atoms with Crippen LogP contribution >= 0.6 is 0 Å². The van der Waals surface area contributed by atoms with E-state index in [1.54, 1.807) is 25.1 Å². The number of aromatic nitrogens is 1. The third-order valence-electron chi connectivity index (χ3n) is 5.86. The zero-order valence-corrected chi connectivity index (χ0v) is 19.4. The highest BCUT2D eigenvalue weighted by Crippen LogP contribution is 2.29. The number of furan rings is 1. The number of nitrogens with one attached hydrogen (secondary N) is 1. The summed E-state index contributed by atoms with van der Waals surface area (Å²) in [6.07, 6.45) is 5.60. The van der Waals surface area contributed by atoms with Crippen molar-refractivity contribution in [2.45, 2.75) is 37.6 Å². The SMILES string of the molecule is Cc1noc(/C=C/c2ccco2)c1S(=O)(=O)N1CCC(C(=O)N[C@@H](C)c2ccccc2)CC1. The summed E-state index contributed by atoms with van der Waals surface area (Å²) in [6, 6.07) is 13.1. The van der Waals surface area contributed by atoms with Gasteiger partial charge in [-0.25, -0.2) is 8.42 Å². The number of amides is 1. The molecule has 3 heterocycles. The fourth-order valence-electron chi connectivity index (χ4n) is 3.99. The van der Waals surface area contributed by atoms with Crippen molar-refractivity contribution in [3.63, 3.8) is 0 Å². The van der Waals surface area contributed by atoms with Gasteiger partial charge >= 0.3 is 0 Å². The van der Waals surface area contributed by atoms with Crippen molar-refractivity contribution in [3.8, 4) is 0 Å². The van der Waals surface area contributed by atoms with Gasteiger partial charge in [-0.1, -0.05) is 35.5 Å². The molecule has 33 heavy (non-hydrogen) atoms. The first-order valence-corrected chi connectivity index (χ1v) is 12.3. The van der Waals surface area contributed by atoms with Crippen LogP contribution in [-0.2, 0) is 14.8 Å². The molecule has 1 saturated heterocycles. The highest BCUT2D eigenvalue weighted by molar-refractivity contribution is 7.89. The molecule has 0 radical (unpaired) electrons. The normalized spacial score (nSPS) is 16.8. The Kier molecular flexibility index (Phi) is 6.80. The van der Waals surface area contributed by atoms with E-state index in [0.717, 1.165) is 5.56 Å². The number of carbonyl (C=O) groups is 1. The Morgan fingerprint density at radius 1 is 1.15 bits per heavy atom. The number of carbonyl (C=O) groups excluding carboxylic acids is 1. The predicted octanol–water partition coefficient (Wildman–Crippen LogP) is 4.02. The van der Waals surface area contributed by atoms with Crippen LogP contribution in [0.3, 0.4) is 0 Å². The van der Waals surface area contributed by atoms with Crippen molar-refractivity contribution in [1.82, 2.24) is 14.8 Å². The summed E-state index contributed by atoms with van der Waals surface area (Å²) in [6.45, 7) is 4.06. The topological polar surface area (TPSA) is 106 Å². The van der Waals surface area contributed by atoms with Gasteiger partial charge in [0.25, 0.3) is 0 Å². The second-order valence-electron chi connectivity index (χ2n) is 8.13. The third kappa shape index (κ3) is 5.09. The van der Waals surface area contributed by atoms with Gasteiger partial charge in [0, 0.05) is 19.0 Å². The minimum atomic E-state index is -3.82. The second kappa shape index (κ2) is 9.76. The summed E-state index contributed by atoms with van der Waals surface area (Å²) in [7, 11) is -3.82. The summed E-state index contributed by atoms with van der Waals surface area (Å²) < 4.78 is 38.6. The molecule has 174 valence electrons. The minimum absolute atomic E-state index is 0.0471. The van der Waals surface area contributed by atoms with E-state index in [0.29, 0.717) is 24.3 Å². The summed E-state index contributed by atoms with van der Waals surface area (Å²) in [5, 5.41) is 6.90. The van der Waals surface area contributed by atoms with E-state index in [4.69, 9.17) is 8.94 Å². The quantitative estimate of drug-likeness (QED) is 0.560. The first kappa shape index (κ1) is 23.0. The second-order valence-corrected chi connectivity index (χ2v) is 10.0. The van der Waals surface area contributed by atoms with Gasteiger partial charge in [-0.2, -0.15) is 4.31 Å². The number of hydrogen-bond donors (Lipinski definition) is 1. The van der Waals surface area contributed by atoms with Crippen molar-refractivity contribution >= 4 is 28.1 Å². The highest BCUT2D eigenvalue weighted by atomic mass is 32.2. The average Bonchev–Trinajstić information content (AvgIpc) is 3.48. The van der Waals surface area contributed by atoms with Crippen LogP contribution < -0.4 is 5.32 Å². The molecule has 0 unspecified atom stereocenters. The van der Waals surface area contributed by atoms with Crippen LogP contribution in [0.25, 0.3) is 12.2 Å². The number of aryl methyl sites for hydroxylation is 1. The lowest BCUT2D eigenvalue weighted by atomic mass is 9.96. The Labute approximate surface area is 193 Å². The number of piperidine rings is 1.